The number of hydrogen-bond donors (Lipinski definition) is 1. The van der Waals surface area contributed by atoms with Crippen LogP contribution in [0.5, 0.6) is 11.6 Å². The molecule has 1 aromatic heterocycles. The van der Waals surface area contributed by atoms with Gasteiger partial charge in [0.05, 0.1) is 6.10 Å². The lowest BCUT2D eigenvalue weighted by molar-refractivity contribution is 0.0858. The van der Waals surface area contributed by atoms with E-state index in [2.05, 4.69) is 34.3 Å². The topological polar surface area (TPSA) is 73.3 Å². The molecule has 0 spiro atoms. The van der Waals surface area contributed by atoms with Crippen LogP contribution in [0.4, 0.5) is 0 Å². The molecule has 3 aromatic rings. The fourth-order valence-corrected chi connectivity index (χ4v) is 3.86. The van der Waals surface area contributed by atoms with E-state index in [1.54, 1.807) is 36.7 Å². The van der Waals surface area contributed by atoms with Crippen LogP contribution in [0.15, 0.2) is 70.8 Å². The second-order valence-electron chi connectivity index (χ2n) is 7.05. The Hall–Kier alpha value is -2.90. The molecule has 1 unspecified atom stereocenters. The zero-order valence-corrected chi connectivity index (χ0v) is 17.5. The van der Waals surface area contributed by atoms with Crippen LogP contribution in [-0.4, -0.2) is 35.1 Å². The summed E-state index contributed by atoms with van der Waals surface area (Å²) >= 11 is 1.49. The molecule has 0 bridgehead atoms. The minimum atomic E-state index is -0.118. The maximum absolute atomic E-state index is 12.3. The lowest BCUT2D eigenvalue weighted by Gasteiger charge is -2.11. The number of aromatic nitrogens is 2. The van der Waals surface area contributed by atoms with Crippen molar-refractivity contribution >= 4 is 17.7 Å². The van der Waals surface area contributed by atoms with Crippen LogP contribution in [0.3, 0.4) is 0 Å². The van der Waals surface area contributed by atoms with E-state index in [9.17, 15) is 4.79 Å². The van der Waals surface area contributed by atoms with Gasteiger partial charge >= 0.3 is 0 Å². The predicted molar refractivity (Wildman–Crippen MR) is 115 cm³/mol. The lowest BCUT2D eigenvalue weighted by Crippen LogP contribution is -2.31. The summed E-state index contributed by atoms with van der Waals surface area (Å²) in [6.45, 7) is 3.37. The van der Waals surface area contributed by atoms with Crippen LogP contribution in [0.1, 0.15) is 28.8 Å². The molecule has 1 aliphatic rings. The monoisotopic (exact) mass is 421 g/mol. The zero-order chi connectivity index (χ0) is 20.8. The summed E-state index contributed by atoms with van der Waals surface area (Å²) in [4.78, 5) is 22.1. The summed E-state index contributed by atoms with van der Waals surface area (Å²) in [5, 5.41) is 3.60. The normalized spacial score (nSPS) is 15.7. The van der Waals surface area contributed by atoms with Gasteiger partial charge in [0, 0.05) is 36.0 Å². The number of amides is 1. The number of aryl methyl sites for hydroxylation is 1. The average Bonchev–Trinajstić information content (AvgIpc) is 3.29. The highest BCUT2D eigenvalue weighted by Crippen LogP contribution is 2.33. The molecular formula is C23H23N3O3S. The SMILES string of the molecule is Cc1ccc(Sc2nccnc2Oc2ccc(C(=O)NCC3CCCO3)cc2)cc1. The van der Waals surface area contributed by atoms with Crippen molar-refractivity contribution in [2.75, 3.05) is 13.2 Å². The van der Waals surface area contributed by atoms with Gasteiger partial charge in [-0.3, -0.25) is 4.79 Å². The van der Waals surface area contributed by atoms with Gasteiger partial charge in [-0.15, -0.1) is 0 Å². The molecule has 154 valence electrons. The van der Waals surface area contributed by atoms with E-state index in [1.807, 2.05) is 12.1 Å². The number of ether oxygens (including phenoxy) is 2. The number of hydrogen-bond acceptors (Lipinski definition) is 6. The van der Waals surface area contributed by atoms with Gasteiger partial charge in [-0.1, -0.05) is 29.5 Å². The largest absolute Gasteiger partial charge is 0.437 e. The smallest absolute Gasteiger partial charge is 0.252 e. The van der Waals surface area contributed by atoms with Crippen molar-refractivity contribution in [2.45, 2.75) is 35.8 Å². The molecule has 2 heterocycles. The van der Waals surface area contributed by atoms with Crippen molar-refractivity contribution < 1.29 is 14.3 Å². The molecule has 0 saturated carbocycles. The van der Waals surface area contributed by atoms with E-state index in [0.717, 1.165) is 24.3 Å². The maximum Gasteiger partial charge on any atom is 0.252 e. The highest BCUT2D eigenvalue weighted by molar-refractivity contribution is 7.99. The summed E-state index contributed by atoms with van der Waals surface area (Å²) in [6, 6.07) is 15.2. The van der Waals surface area contributed by atoms with Gasteiger partial charge in [0.1, 0.15) is 5.75 Å². The van der Waals surface area contributed by atoms with Crippen molar-refractivity contribution in [3.63, 3.8) is 0 Å². The van der Waals surface area contributed by atoms with Crippen molar-refractivity contribution in [1.29, 1.82) is 0 Å². The fraction of sp³-hybridized carbons (Fsp3) is 0.261. The highest BCUT2D eigenvalue weighted by Gasteiger charge is 2.17. The molecule has 1 aliphatic heterocycles. The van der Waals surface area contributed by atoms with Gasteiger partial charge in [0.2, 0.25) is 0 Å². The number of rotatable bonds is 7. The molecule has 1 saturated heterocycles. The first kappa shape index (κ1) is 20.4. The third-order valence-corrected chi connectivity index (χ3v) is 5.70. The molecule has 0 aliphatic carbocycles. The summed E-state index contributed by atoms with van der Waals surface area (Å²) < 4.78 is 11.5. The van der Waals surface area contributed by atoms with Gasteiger partial charge in [-0.25, -0.2) is 9.97 Å². The molecule has 1 N–H and O–H groups in total. The van der Waals surface area contributed by atoms with Crippen LogP contribution in [0, 0.1) is 6.92 Å². The van der Waals surface area contributed by atoms with Gasteiger partial charge < -0.3 is 14.8 Å². The Morgan fingerprint density at radius 2 is 1.90 bits per heavy atom. The number of carbonyl (C=O) groups excluding carboxylic acids is 1. The summed E-state index contributed by atoms with van der Waals surface area (Å²) in [6.07, 6.45) is 5.41. The van der Waals surface area contributed by atoms with E-state index in [-0.39, 0.29) is 12.0 Å². The first-order valence-corrected chi connectivity index (χ1v) is 10.7. The Balaban J connectivity index is 1.39. The van der Waals surface area contributed by atoms with Gasteiger partial charge in [-0.2, -0.15) is 0 Å². The summed E-state index contributed by atoms with van der Waals surface area (Å²) in [7, 11) is 0. The Morgan fingerprint density at radius 1 is 1.13 bits per heavy atom. The standard InChI is InChI=1S/C23H23N3O3S/c1-16-4-10-20(11-5-16)30-23-22(24-12-13-25-23)29-18-8-6-17(7-9-18)21(27)26-15-19-3-2-14-28-19/h4-13,19H,2-3,14-15H2,1H3,(H,26,27). The van der Waals surface area contributed by atoms with Gasteiger partial charge in [0.15, 0.2) is 5.03 Å². The number of nitrogens with zero attached hydrogens (tertiary/aromatic N) is 2. The van der Waals surface area contributed by atoms with Crippen LogP contribution < -0.4 is 10.1 Å². The predicted octanol–water partition coefficient (Wildman–Crippen LogP) is 4.64. The van der Waals surface area contributed by atoms with E-state index in [1.165, 1.54) is 17.3 Å². The molecular weight excluding hydrogens is 398 g/mol. The summed E-state index contributed by atoms with van der Waals surface area (Å²) in [5.74, 6) is 0.905. The van der Waals surface area contributed by atoms with E-state index in [4.69, 9.17) is 9.47 Å². The van der Waals surface area contributed by atoms with Gasteiger partial charge in [-0.05, 0) is 56.2 Å². The van der Waals surface area contributed by atoms with E-state index >= 15 is 0 Å². The molecule has 30 heavy (non-hydrogen) atoms. The fourth-order valence-electron chi connectivity index (χ4n) is 3.07. The minimum Gasteiger partial charge on any atom is -0.437 e. The molecule has 7 heteroatoms. The average molecular weight is 422 g/mol. The van der Waals surface area contributed by atoms with E-state index in [0.29, 0.717) is 28.8 Å². The lowest BCUT2D eigenvalue weighted by atomic mass is 10.2. The Kier molecular flexibility index (Phi) is 6.61. The second-order valence-corrected chi connectivity index (χ2v) is 8.12. The first-order chi connectivity index (χ1) is 14.7. The quantitative estimate of drug-likeness (QED) is 0.599. The van der Waals surface area contributed by atoms with Crippen molar-refractivity contribution in [1.82, 2.24) is 15.3 Å². The van der Waals surface area contributed by atoms with Gasteiger partial charge in [0.25, 0.3) is 11.8 Å². The molecule has 2 aromatic carbocycles. The molecule has 4 rings (SSSR count). The van der Waals surface area contributed by atoms with Crippen LogP contribution in [0.25, 0.3) is 0 Å². The van der Waals surface area contributed by atoms with Crippen molar-refractivity contribution in [3.8, 4) is 11.6 Å². The Labute approximate surface area is 180 Å². The molecule has 1 atom stereocenters. The van der Waals surface area contributed by atoms with Crippen LogP contribution >= 0.6 is 11.8 Å². The maximum atomic E-state index is 12.3. The second kappa shape index (κ2) is 9.73. The zero-order valence-electron chi connectivity index (χ0n) is 16.7. The van der Waals surface area contributed by atoms with Crippen molar-refractivity contribution in [3.05, 3.63) is 72.1 Å². The first-order valence-electron chi connectivity index (χ1n) is 9.90. The number of nitrogens with one attached hydrogen (secondary N) is 1. The molecule has 6 nitrogen and oxygen atoms in total. The molecule has 1 fully saturated rings. The third kappa shape index (κ3) is 5.37. The molecule has 0 radical (unpaired) electrons. The minimum absolute atomic E-state index is 0.118. The highest BCUT2D eigenvalue weighted by atomic mass is 32.2. The molecule has 1 amide bonds. The summed E-state index contributed by atoms with van der Waals surface area (Å²) in [5.41, 5.74) is 1.78. The number of carbonyl (C=O) groups is 1. The Morgan fingerprint density at radius 3 is 2.63 bits per heavy atom. The third-order valence-electron chi connectivity index (χ3n) is 4.71. The van der Waals surface area contributed by atoms with Crippen molar-refractivity contribution in [2.24, 2.45) is 0 Å². The van der Waals surface area contributed by atoms with E-state index < -0.39 is 0 Å². The van der Waals surface area contributed by atoms with Crippen LogP contribution in [0.2, 0.25) is 0 Å². The number of benzene rings is 2. The van der Waals surface area contributed by atoms with Crippen LogP contribution in [-0.2, 0) is 4.74 Å². The Bertz CT molecular complexity index is 987.